The van der Waals surface area contributed by atoms with E-state index in [-0.39, 0.29) is 5.78 Å². The molecule has 2 aromatic carbocycles. The highest BCUT2D eigenvalue weighted by Crippen LogP contribution is 2.40. The molecule has 0 bridgehead atoms. The number of carbonyl (C=O) groups excluding carboxylic acids is 1. The van der Waals surface area contributed by atoms with Crippen LogP contribution in [0.3, 0.4) is 0 Å². The van der Waals surface area contributed by atoms with E-state index in [1.165, 1.54) is 0 Å². The molecule has 0 radical (unpaired) electrons. The van der Waals surface area contributed by atoms with Crippen LogP contribution in [0.15, 0.2) is 48.5 Å². The summed E-state index contributed by atoms with van der Waals surface area (Å²) < 4.78 is 11.0. The molecular weight excluding hydrogens is 288 g/mol. The lowest BCUT2D eigenvalue weighted by molar-refractivity contribution is -0.127. The van der Waals surface area contributed by atoms with Crippen LogP contribution >= 0.6 is 0 Å². The molecule has 0 fully saturated rings. The number of ketones is 1. The number of ether oxygens (including phenoxy) is 2. The Morgan fingerprint density at radius 3 is 1.57 bits per heavy atom. The molecule has 0 unspecified atom stereocenters. The zero-order chi connectivity index (χ0) is 17.0. The third-order valence-electron chi connectivity index (χ3n) is 3.90. The fourth-order valence-electron chi connectivity index (χ4n) is 2.69. The van der Waals surface area contributed by atoms with Gasteiger partial charge in [0, 0.05) is 16.5 Å². The van der Waals surface area contributed by atoms with Gasteiger partial charge in [0.1, 0.15) is 17.3 Å². The Morgan fingerprint density at radius 1 is 0.826 bits per heavy atom. The minimum absolute atomic E-state index is 0.131. The Morgan fingerprint density at radius 2 is 1.22 bits per heavy atom. The van der Waals surface area contributed by atoms with Gasteiger partial charge in [-0.1, -0.05) is 57.2 Å². The summed E-state index contributed by atoms with van der Waals surface area (Å²) >= 11 is 0. The Kier molecular flexibility index (Phi) is 5.09. The number of Topliss-reactive ketones (excluding diaryl/α,β-unsaturated/α-hetero) is 1. The highest BCUT2D eigenvalue weighted by Gasteiger charge is 2.35. The van der Waals surface area contributed by atoms with E-state index < -0.39 is 11.3 Å². The number of rotatable bonds is 5. The van der Waals surface area contributed by atoms with E-state index in [1.807, 2.05) is 69.3 Å². The molecule has 122 valence electrons. The normalized spacial score (nSPS) is 11.4. The lowest BCUT2D eigenvalue weighted by Crippen LogP contribution is -2.28. The van der Waals surface area contributed by atoms with Crippen LogP contribution in [0.4, 0.5) is 0 Å². The summed E-state index contributed by atoms with van der Waals surface area (Å²) in [6.07, 6.45) is 0. The molecule has 0 saturated carbocycles. The Labute approximate surface area is 138 Å². The van der Waals surface area contributed by atoms with Crippen LogP contribution in [-0.2, 0) is 4.79 Å². The lowest BCUT2D eigenvalue weighted by atomic mass is 9.76. The van der Waals surface area contributed by atoms with Crippen LogP contribution in [0, 0.1) is 5.41 Å². The van der Waals surface area contributed by atoms with Crippen LogP contribution in [0.25, 0.3) is 0 Å². The molecule has 0 aliphatic heterocycles. The molecule has 0 atom stereocenters. The molecule has 23 heavy (non-hydrogen) atoms. The van der Waals surface area contributed by atoms with Crippen molar-refractivity contribution in [1.29, 1.82) is 0 Å². The predicted octanol–water partition coefficient (Wildman–Crippen LogP) is 4.45. The highest BCUT2D eigenvalue weighted by atomic mass is 16.5. The second kappa shape index (κ2) is 6.86. The minimum Gasteiger partial charge on any atom is -0.496 e. The highest BCUT2D eigenvalue weighted by molar-refractivity contribution is 5.94. The topological polar surface area (TPSA) is 35.5 Å². The van der Waals surface area contributed by atoms with Crippen LogP contribution in [-0.4, -0.2) is 20.0 Å². The second-order valence-corrected chi connectivity index (χ2v) is 6.53. The van der Waals surface area contributed by atoms with Gasteiger partial charge in [-0.25, -0.2) is 0 Å². The number of para-hydroxylation sites is 2. The first-order chi connectivity index (χ1) is 10.9. The van der Waals surface area contributed by atoms with E-state index in [2.05, 4.69) is 0 Å². The van der Waals surface area contributed by atoms with Gasteiger partial charge in [-0.05, 0) is 12.1 Å². The standard InChI is InChI=1S/C20H24O3/c1-20(2,3)19(21)18(14-10-6-8-12-16(14)22-4)15-11-7-9-13-17(15)23-5/h6-13,18H,1-5H3. The van der Waals surface area contributed by atoms with Crippen molar-refractivity contribution in [3.8, 4) is 11.5 Å². The van der Waals surface area contributed by atoms with Crippen molar-refractivity contribution < 1.29 is 14.3 Å². The minimum atomic E-state index is -0.480. The SMILES string of the molecule is COc1ccccc1C(C(=O)C(C)(C)C)c1ccccc1OC. The van der Waals surface area contributed by atoms with Crippen molar-refractivity contribution >= 4 is 5.78 Å². The van der Waals surface area contributed by atoms with Crippen molar-refractivity contribution in [3.63, 3.8) is 0 Å². The molecule has 0 spiro atoms. The first-order valence-electron chi connectivity index (χ1n) is 7.70. The van der Waals surface area contributed by atoms with E-state index in [9.17, 15) is 4.79 Å². The van der Waals surface area contributed by atoms with E-state index in [4.69, 9.17) is 9.47 Å². The smallest absolute Gasteiger partial charge is 0.150 e. The zero-order valence-electron chi connectivity index (χ0n) is 14.4. The monoisotopic (exact) mass is 312 g/mol. The van der Waals surface area contributed by atoms with Gasteiger partial charge in [0.15, 0.2) is 0 Å². The molecule has 0 aliphatic carbocycles. The fraction of sp³-hybridized carbons (Fsp3) is 0.350. The van der Waals surface area contributed by atoms with Crippen molar-refractivity contribution in [3.05, 3.63) is 59.7 Å². The molecule has 3 heteroatoms. The first-order valence-corrected chi connectivity index (χ1v) is 7.70. The predicted molar refractivity (Wildman–Crippen MR) is 92.3 cm³/mol. The van der Waals surface area contributed by atoms with Crippen molar-refractivity contribution in [2.75, 3.05) is 14.2 Å². The van der Waals surface area contributed by atoms with Crippen molar-refractivity contribution in [2.24, 2.45) is 5.41 Å². The third-order valence-corrected chi connectivity index (χ3v) is 3.90. The van der Waals surface area contributed by atoms with Crippen molar-refractivity contribution in [2.45, 2.75) is 26.7 Å². The molecule has 2 rings (SSSR count). The maximum absolute atomic E-state index is 13.2. The molecule has 0 saturated heterocycles. The van der Waals surface area contributed by atoms with Gasteiger partial charge in [-0.15, -0.1) is 0 Å². The maximum atomic E-state index is 13.2. The van der Waals surface area contributed by atoms with Gasteiger partial charge in [0.05, 0.1) is 20.1 Å². The van der Waals surface area contributed by atoms with Crippen LogP contribution in [0.2, 0.25) is 0 Å². The summed E-state index contributed by atoms with van der Waals surface area (Å²) in [6.45, 7) is 5.81. The summed E-state index contributed by atoms with van der Waals surface area (Å²) in [5.41, 5.74) is 1.24. The number of hydrogen-bond acceptors (Lipinski definition) is 3. The summed E-state index contributed by atoms with van der Waals surface area (Å²) in [4.78, 5) is 13.2. The summed E-state index contributed by atoms with van der Waals surface area (Å²) in [7, 11) is 3.25. The maximum Gasteiger partial charge on any atom is 0.150 e. The molecule has 0 amide bonds. The average Bonchev–Trinajstić information content (AvgIpc) is 2.55. The fourth-order valence-corrected chi connectivity index (χ4v) is 2.69. The van der Waals surface area contributed by atoms with E-state index in [0.717, 1.165) is 11.1 Å². The van der Waals surface area contributed by atoms with Crippen LogP contribution in [0.5, 0.6) is 11.5 Å². The Bertz CT molecular complexity index is 636. The third kappa shape index (κ3) is 3.55. The largest absolute Gasteiger partial charge is 0.496 e. The summed E-state index contributed by atoms with van der Waals surface area (Å²) in [5, 5.41) is 0. The Hall–Kier alpha value is -2.29. The summed E-state index contributed by atoms with van der Waals surface area (Å²) in [5.74, 6) is 1.12. The molecule has 3 nitrogen and oxygen atoms in total. The van der Waals surface area contributed by atoms with Gasteiger partial charge in [-0.3, -0.25) is 4.79 Å². The molecule has 0 aliphatic rings. The van der Waals surface area contributed by atoms with Gasteiger partial charge in [0.25, 0.3) is 0 Å². The molecular formula is C20H24O3. The van der Waals surface area contributed by atoms with E-state index in [1.54, 1.807) is 14.2 Å². The van der Waals surface area contributed by atoms with Gasteiger partial charge in [0.2, 0.25) is 0 Å². The van der Waals surface area contributed by atoms with Crippen LogP contribution in [0.1, 0.15) is 37.8 Å². The van der Waals surface area contributed by atoms with Gasteiger partial charge >= 0.3 is 0 Å². The molecule has 0 heterocycles. The number of benzene rings is 2. The first kappa shape index (κ1) is 17.1. The molecule has 0 aromatic heterocycles. The quantitative estimate of drug-likeness (QED) is 0.818. The van der Waals surface area contributed by atoms with E-state index >= 15 is 0 Å². The second-order valence-electron chi connectivity index (χ2n) is 6.53. The summed E-state index contributed by atoms with van der Waals surface area (Å²) in [6, 6.07) is 15.3. The number of methoxy groups -OCH3 is 2. The van der Waals surface area contributed by atoms with Gasteiger partial charge in [-0.2, -0.15) is 0 Å². The molecule has 2 aromatic rings. The lowest BCUT2D eigenvalue weighted by Gasteiger charge is -2.27. The van der Waals surface area contributed by atoms with Crippen molar-refractivity contribution in [1.82, 2.24) is 0 Å². The average molecular weight is 312 g/mol. The zero-order valence-corrected chi connectivity index (χ0v) is 14.4. The Balaban J connectivity index is 2.68. The number of carbonyl (C=O) groups is 1. The van der Waals surface area contributed by atoms with Crippen LogP contribution < -0.4 is 9.47 Å². The number of hydrogen-bond donors (Lipinski definition) is 0. The molecule has 0 N–H and O–H groups in total. The van der Waals surface area contributed by atoms with E-state index in [0.29, 0.717) is 11.5 Å². The van der Waals surface area contributed by atoms with Gasteiger partial charge < -0.3 is 9.47 Å².